The maximum atomic E-state index is 11.7. The summed E-state index contributed by atoms with van der Waals surface area (Å²) < 4.78 is 25.6. The van der Waals surface area contributed by atoms with Crippen LogP contribution in [0.4, 0.5) is 22.5 Å². The second-order valence-corrected chi connectivity index (χ2v) is 9.69. The third kappa shape index (κ3) is 8.59. The van der Waals surface area contributed by atoms with Crippen LogP contribution in [0.1, 0.15) is 44.5 Å². The van der Waals surface area contributed by atoms with Crippen molar-refractivity contribution >= 4 is 33.8 Å². The molecule has 5 N–H and O–H groups in total. The summed E-state index contributed by atoms with van der Waals surface area (Å²) in [5.41, 5.74) is 0.821. The Balaban J connectivity index is 2.26. The number of aliphatic hydroxyl groups is 1. The van der Waals surface area contributed by atoms with Gasteiger partial charge in [0.2, 0.25) is 21.9 Å². The summed E-state index contributed by atoms with van der Waals surface area (Å²) in [5, 5.41) is 23.6. The monoisotopic (exact) mass is 467 g/mol. The number of carbonyl (C=O) groups is 1. The molecule has 0 saturated carbocycles. The van der Waals surface area contributed by atoms with Crippen molar-refractivity contribution in [2.45, 2.75) is 45.6 Å². The summed E-state index contributed by atoms with van der Waals surface area (Å²) in [4.78, 5) is 27.5. The van der Waals surface area contributed by atoms with E-state index in [1.54, 1.807) is 18.3 Å². The number of aromatic nitrogens is 4. The summed E-state index contributed by atoms with van der Waals surface area (Å²) in [5.74, 6) is 0.808. The number of anilines is 3. The molecule has 0 aliphatic rings. The van der Waals surface area contributed by atoms with Crippen molar-refractivity contribution in [2.75, 3.05) is 28.2 Å². The third-order valence-corrected chi connectivity index (χ3v) is 4.90. The van der Waals surface area contributed by atoms with E-state index >= 15 is 0 Å². The van der Waals surface area contributed by atoms with Crippen molar-refractivity contribution in [3.05, 3.63) is 29.7 Å². The standard InChI is InChI=1S/C19H29N7O5S/c1-11(2)7-14(10-27)21-17-22-16(23-18(25-17)26-32(4,30)31)8-12(3)13-5-6-15(20-9-13)24-19(28)29/h5-6,9,11-12,14,27H,7-8,10H2,1-4H3,(H,20,24)(H,28,29)(H2,21,22,23,25,26)/t12?,14-/m1/s1. The van der Waals surface area contributed by atoms with Gasteiger partial charge in [0, 0.05) is 12.6 Å². The number of hydrogen-bond acceptors (Lipinski definition) is 9. The Kier molecular flexibility index (Phi) is 8.66. The predicted octanol–water partition coefficient (Wildman–Crippen LogP) is 1.89. The van der Waals surface area contributed by atoms with Crippen molar-refractivity contribution in [1.29, 1.82) is 0 Å². The minimum Gasteiger partial charge on any atom is -0.465 e. The van der Waals surface area contributed by atoms with Crippen molar-refractivity contribution in [3.8, 4) is 0 Å². The summed E-state index contributed by atoms with van der Waals surface area (Å²) in [6.45, 7) is 5.82. The van der Waals surface area contributed by atoms with Gasteiger partial charge in [-0.15, -0.1) is 0 Å². The molecule has 13 heteroatoms. The van der Waals surface area contributed by atoms with E-state index in [1.807, 2.05) is 20.8 Å². The maximum absolute atomic E-state index is 11.7. The first kappa shape index (κ1) is 25.2. The normalized spacial score (nSPS) is 13.4. The van der Waals surface area contributed by atoms with E-state index < -0.39 is 16.1 Å². The van der Waals surface area contributed by atoms with E-state index in [1.165, 1.54) is 0 Å². The Bertz CT molecular complexity index is 1020. The van der Waals surface area contributed by atoms with Crippen molar-refractivity contribution in [1.82, 2.24) is 19.9 Å². The molecule has 2 aromatic heterocycles. The average molecular weight is 468 g/mol. The van der Waals surface area contributed by atoms with Crippen LogP contribution in [-0.2, 0) is 16.4 Å². The van der Waals surface area contributed by atoms with E-state index in [9.17, 15) is 18.3 Å². The molecule has 176 valence electrons. The van der Waals surface area contributed by atoms with Gasteiger partial charge >= 0.3 is 6.09 Å². The van der Waals surface area contributed by atoms with Crippen LogP contribution in [0.2, 0.25) is 0 Å². The molecule has 0 saturated heterocycles. The number of sulfonamides is 1. The first-order valence-electron chi connectivity index (χ1n) is 10.0. The fourth-order valence-electron chi connectivity index (χ4n) is 2.99. The van der Waals surface area contributed by atoms with Crippen LogP contribution < -0.4 is 15.4 Å². The Hall–Kier alpha value is -3.06. The fraction of sp³-hybridized carbons (Fsp3) is 0.526. The number of aliphatic hydroxyl groups excluding tert-OH is 1. The molecule has 1 amide bonds. The van der Waals surface area contributed by atoms with E-state index in [4.69, 9.17) is 5.11 Å². The van der Waals surface area contributed by atoms with Crippen LogP contribution in [0.3, 0.4) is 0 Å². The zero-order valence-corrected chi connectivity index (χ0v) is 19.2. The molecule has 12 nitrogen and oxygen atoms in total. The number of nitrogens with one attached hydrogen (secondary N) is 3. The predicted molar refractivity (Wildman–Crippen MR) is 120 cm³/mol. The largest absolute Gasteiger partial charge is 0.465 e. The van der Waals surface area contributed by atoms with Gasteiger partial charge in [-0.2, -0.15) is 15.0 Å². The topological polar surface area (TPSA) is 179 Å². The van der Waals surface area contributed by atoms with Gasteiger partial charge in [0.1, 0.15) is 11.6 Å². The highest BCUT2D eigenvalue weighted by molar-refractivity contribution is 7.91. The van der Waals surface area contributed by atoms with Gasteiger partial charge in [-0.1, -0.05) is 26.8 Å². The van der Waals surface area contributed by atoms with Gasteiger partial charge in [-0.3, -0.25) is 10.0 Å². The Morgan fingerprint density at radius 2 is 1.81 bits per heavy atom. The minimum atomic E-state index is -3.60. The summed E-state index contributed by atoms with van der Waals surface area (Å²) in [6, 6.07) is 2.99. The molecule has 0 aliphatic heterocycles. The molecule has 2 heterocycles. The molecule has 2 aromatic rings. The molecular weight excluding hydrogens is 438 g/mol. The molecule has 0 radical (unpaired) electrons. The highest BCUT2D eigenvalue weighted by Crippen LogP contribution is 2.21. The molecule has 2 rings (SSSR count). The second kappa shape index (κ2) is 11.0. The fourth-order valence-corrected chi connectivity index (χ4v) is 3.41. The number of amides is 1. The van der Waals surface area contributed by atoms with Crippen LogP contribution in [-0.4, -0.2) is 63.6 Å². The molecular formula is C19H29N7O5S. The number of hydrogen-bond donors (Lipinski definition) is 5. The quantitative estimate of drug-likeness (QED) is 0.327. The zero-order chi connectivity index (χ0) is 23.9. The molecule has 0 bridgehead atoms. The lowest BCUT2D eigenvalue weighted by atomic mass is 9.99. The lowest BCUT2D eigenvalue weighted by Crippen LogP contribution is -2.27. The van der Waals surface area contributed by atoms with E-state index in [-0.39, 0.29) is 36.3 Å². The maximum Gasteiger partial charge on any atom is 0.410 e. The highest BCUT2D eigenvalue weighted by atomic mass is 32.2. The van der Waals surface area contributed by atoms with Crippen LogP contribution in [0.25, 0.3) is 0 Å². The number of rotatable bonds is 11. The first-order chi connectivity index (χ1) is 14.9. The highest BCUT2D eigenvalue weighted by Gasteiger charge is 2.17. The molecule has 2 atom stereocenters. The van der Waals surface area contributed by atoms with Crippen LogP contribution in [0, 0.1) is 5.92 Å². The summed E-state index contributed by atoms with van der Waals surface area (Å²) in [6.07, 6.45) is 2.37. The van der Waals surface area contributed by atoms with Gasteiger partial charge in [0.25, 0.3) is 0 Å². The number of nitrogens with zero attached hydrogens (tertiary/aromatic N) is 4. The van der Waals surface area contributed by atoms with E-state index in [0.717, 1.165) is 11.8 Å². The van der Waals surface area contributed by atoms with Crippen LogP contribution in [0.5, 0.6) is 0 Å². The number of pyridine rings is 1. The molecule has 0 fully saturated rings. The summed E-state index contributed by atoms with van der Waals surface area (Å²) >= 11 is 0. The molecule has 0 aliphatic carbocycles. The summed E-state index contributed by atoms with van der Waals surface area (Å²) in [7, 11) is -3.60. The molecule has 1 unspecified atom stereocenters. The van der Waals surface area contributed by atoms with E-state index in [2.05, 4.69) is 35.3 Å². The lowest BCUT2D eigenvalue weighted by molar-refractivity contribution is 0.209. The second-order valence-electron chi connectivity index (χ2n) is 7.94. The van der Waals surface area contributed by atoms with Crippen molar-refractivity contribution in [3.63, 3.8) is 0 Å². The Morgan fingerprint density at radius 3 is 2.34 bits per heavy atom. The molecule has 0 spiro atoms. The minimum absolute atomic E-state index is 0.105. The van der Waals surface area contributed by atoms with Gasteiger partial charge in [0.15, 0.2) is 0 Å². The van der Waals surface area contributed by atoms with Gasteiger partial charge in [0.05, 0.1) is 18.9 Å². The van der Waals surface area contributed by atoms with Crippen molar-refractivity contribution in [2.24, 2.45) is 5.92 Å². The van der Waals surface area contributed by atoms with E-state index in [0.29, 0.717) is 24.6 Å². The lowest BCUT2D eigenvalue weighted by Gasteiger charge is -2.19. The first-order valence-corrected chi connectivity index (χ1v) is 11.9. The molecule has 32 heavy (non-hydrogen) atoms. The Morgan fingerprint density at radius 1 is 1.12 bits per heavy atom. The van der Waals surface area contributed by atoms with Gasteiger partial charge < -0.3 is 15.5 Å². The van der Waals surface area contributed by atoms with Crippen LogP contribution in [0.15, 0.2) is 18.3 Å². The van der Waals surface area contributed by atoms with Gasteiger partial charge in [-0.25, -0.2) is 18.2 Å². The average Bonchev–Trinajstić information content (AvgIpc) is 2.65. The number of carboxylic acid groups (broad SMARTS) is 1. The zero-order valence-electron chi connectivity index (χ0n) is 18.4. The SMILES string of the molecule is CC(C)C[C@H](CO)Nc1nc(CC(C)c2ccc(NC(=O)O)nc2)nc(NS(C)(=O)=O)n1. The van der Waals surface area contributed by atoms with Crippen LogP contribution >= 0.6 is 0 Å². The third-order valence-electron chi connectivity index (χ3n) is 4.35. The molecule has 0 aromatic carbocycles. The Labute approximate surface area is 187 Å². The van der Waals surface area contributed by atoms with Gasteiger partial charge in [-0.05, 0) is 29.9 Å². The smallest absolute Gasteiger partial charge is 0.410 e. The van der Waals surface area contributed by atoms with Crippen molar-refractivity contribution < 1.29 is 23.4 Å².